The monoisotopic (exact) mass is 379 g/mol. The quantitative estimate of drug-likeness (QED) is 0.634. The average molecular weight is 380 g/mol. The first-order chi connectivity index (χ1) is 12.0. The van der Waals surface area contributed by atoms with Crippen LogP contribution in [0.15, 0.2) is 53.9 Å². The lowest BCUT2D eigenvalue weighted by Crippen LogP contribution is -2.11. The van der Waals surface area contributed by atoms with Gasteiger partial charge in [0.2, 0.25) is 0 Å². The van der Waals surface area contributed by atoms with E-state index in [1.54, 1.807) is 35.7 Å². The SMILES string of the molecule is O=C(Nc1ccc(F)cc1F)c1cc(COc2cccc(Cl)c2)cs1. The highest BCUT2D eigenvalue weighted by atomic mass is 35.5. The number of nitrogens with one attached hydrogen (secondary N) is 1. The summed E-state index contributed by atoms with van der Waals surface area (Å²) in [5.74, 6) is -1.37. The van der Waals surface area contributed by atoms with Crippen molar-refractivity contribution in [3.05, 3.63) is 81.0 Å². The number of halogens is 3. The number of anilines is 1. The minimum atomic E-state index is -0.825. The van der Waals surface area contributed by atoms with Crippen LogP contribution in [-0.2, 0) is 6.61 Å². The van der Waals surface area contributed by atoms with Crippen molar-refractivity contribution in [2.45, 2.75) is 6.61 Å². The van der Waals surface area contributed by atoms with Gasteiger partial charge in [-0.15, -0.1) is 11.3 Å². The van der Waals surface area contributed by atoms with Crippen molar-refractivity contribution in [3.8, 4) is 5.75 Å². The second-order valence-corrected chi connectivity index (χ2v) is 6.49. The second-order valence-electron chi connectivity index (χ2n) is 5.14. The van der Waals surface area contributed by atoms with E-state index in [1.807, 2.05) is 0 Å². The maximum atomic E-state index is 13.6. The summed E-state index contributed by atoms with van der Waals surface area (Å²) in [6.45, 7) is 0.273. The molecule has 0 aliphatic heterocycles. The van der Waals surface area contributed by atoms with Crippen molar-refractivity contribution >= 4 is 34.5 Å². The van der Waals surface area contributed by atoms with Crippen LogP contribution in [0.2, 0.25) is 5.02 Å². The lowest BCUT2D eigenvalue weighted by atomic mass is 10.2. The molecule has 0 saturated carbocycles. The molecule has 1 N–H and O–H groups in total. The fourth-order valence-electron chi connectivity index (χ4n) is 2.07. The standard InChI is InChI=1S/C18H12ClF2NO2S/c19-12-2-1-3-14(7-12)24-9-11-6-17(25-10-11)18(23)22-16-5-4-13(20)8-15(16)21/h1-8,10H,9H2,(H,22,23). The fraction of sp³-hybridized carbons (Fsp3) is 0.0556. The highest BCUT2D eigenvalue weighted by molar-refractivity contribution is 7.12. The van der Waals surface area contributed by atoms with Crippen LogP contribution < -0.4 is 10.1 Å². The van der Waals surface area contributed by atoms with Crippen molar-refractivity contribution in [2.75, 3.05) is 5.32 Å². The molecule has 1 heterocycles. The predicted octanol–water partition coefficient (Wildman–Crippen LogP) is 5.51. The van der Waals surface area contributed by atoms with E-state index in [9.17, 15) is 13.6 Å². The van der Waals surface area contributed by atoms with Crippen LogP contribution in [0.3, 0.4) is 0 Å². The van der Waals surface area contributed by atoms with E-state index >= 15 is 0 Å². The average Bonchev–Trinajstić information content (AvgIpc) is 3.05. The third-order valence-corrected chi connectivity index (χ3v) is 4.47. The third-order valence-electron chi connectivity index (χ3n) is 3.26. The first kappa shape index (κ1) is 17.4. The van der Waals surface area contributed by atoms with Gasteiger partial charge < -0.3 is 10.1 Å². The van der Waals surface area contributed by atoms with Gasteiger partial charge in [0.15, 0.2) is 0 Å². The Morgan fingerprint density at radius 1 is 1.16 bits per heavy atom. The molecule has 0 aliphatic carbocycles. The van der Waals surface area contributed by atoms with Gasteiger partial charge in [0.25, 0.3) is 5.91 Å². The van der Waals surface area contributed by atoms with Crippen molar-refractivity contribution in [1.29, 1.82) is 0 Å². The molecule has 25 heavy (non-hydrogen) atoms. The maximum Gasteiger partial charge on any atom is 0.265 e. The molecule has 3 nitrogen and oxygen atoms in total. The summed E-state index contributed by atoms with van der Waals surface area (Å²) in [7, 11) is 0. The summed E-state index contributed by atoms with van der Waals surface area (Å²) < 4.78 is 32.1. The lowest BCUT2D eigenvalue weighted by Gasteiger charge is -2.05. The zero-order chi connectivity index (χ0) is 17.8. The van der Waals surface area contributed by atoms with Gasteiger partial charge in [-0.25, -0.2) is 8.78 Å². The molecule has 2 aromatic carbocycles. The van der Waals surface area contributed by atoms with Crippen LogP contribution in [0, 0.1) is 11.6 Å². The van der Waals surface area contributed by atoms with Crippen molar-refractivity contribution in [1.82, 2.24) is 0 Å². The Hall–Kier alpha value is -2.44. The Morgan fingerprint density at radius 3 is 2.76 bits per heavy atom. The summed E-state index contributed by atoms with van der Waals surface area (Å²) in [5, 5.41) is 4.77. The number of amides is 1. The van der Waals surface area contributed by atoms with Crippen LogP contribution in [0.5, 0.6) is 5.75 Å². The summed E-state index contributed by atoms with van der Waals surface area (Å²) in [6, 6.07) is 11.6. The number of rotatable bonds is 5. The molecule has 128 valence electrons. The number of thiophene rings is 1. The molecular weight excluding hydrogens is 368 g/mol. The Morgan fingerprint density at radius 2 is 2.00 bits per heavy atom. The number of hydrogen-bond acceptors (Lipinski definition) is 3. The predicted molar refractivity (Wildman–Crippen MR) is 94.4 cm³/mol. The zero-order valence-electron chi connectivity index (χ0n) is 12.8. The van der Waals surface area contributed by atoms with Gasteiger partial charge in [-0.05, 0) is 41.8 Å². The first-order valence-corrected chi connectivity index (χ1v) is 8.49. The summed E-state index contributed by atoms with van der Waals surface area (Å²) in [6.07, 6.45) is 0. The van der Waals surface area contributed by atoms with Crippen molar-refractivity contribution in [3.63, 3.8) is 0 Å². The Labute approximate surface area is 151 Å². The first-order valence-electron chi connectivity index (χ1n) is 7.23. The minimum Gasteiger partial charge on any atom is -0.489 e. The fourth-order valence-corrected chi connectivity index (χ4v) is 3.04. The molecule has 3 rings (SSSR count). The van der Waals surface area contributed by atoms with E-state index in [0.717, 1.165) is 11.6 Å². The number of carbonyl (C=O) groups is 1. The molecule has 0 radical (unpaired) electrons. The molecule has 3 aromatic rings. The third kappa shape index (κ3) is 4.55. The van der Waals surface area contributed by atoms with Crippen LogP contribution in [0.25, 0.3) is 0 Å². The molecule has 1 aromatic heterocycles. The van der Waals surface area contributed by atoms with Gasteiger partial charge >= 0.3 is 0 Å². The summed E-state index contributed by atoms with van der Waals surface area (Å²) in [4.78, 5) is 12.6. The van der Waals surface area contributed by atoms with E-state index in [-0.39, 0.29) is 12.3 Å². The number of hydrogen-bond donors (Lipinski definition) is 1. The van der Waals surface area contributed by atoms with Crippen LogP contribution in [-0.4, -0.2) is 5.91 Å². The van der Waals surface area contributed by atoms with Gasteiger partial charge in [0.05, 0.1) is 10.6 Å². The molecule has 0 spiro atoms. The van der Waals surface area contributed by atoms with Crippen LogP contribution in [0.4, 0.5) is 14.5 Å². The molecule has 0 bridgehead atoms. The van der Waals surface area contributed by atoms with Crippen molar-refractivity contribution in [2.24, 2.45) is 0 Å². The van der Waals surface area contributed by atoms with E-state index in [2.05, 4.69) is 5.32 Å². The molecule has 1 amide bonds. The van der Waals surface area contributed by atoms with Gasteiger partial charge in [0.1, 0.15) is 24.0 Å². The normalized spacial score (nSPS) is 10.5. The van der Waals surface area contributed by atoms with Crippen molar-refractivity contribution < 1.29 is 18.3 Å². The van der Waals surface area contributed by atoms with E-state index < -0.39 is 17.5 Å². The molecule has 7 heteroatoms. The maximum absolute atomic E-state index is 13.6. The van der Waals surface area contributed by atoms with Gasteiger partial charge in [-0.2, -0.15) is 0 Å². The minimum absolute atomic E-state index is 0.0727. The Balaban J connectivity index is 1.63. The van der Waals surface area contributed by atoms with Gasteiger partial charge in [-0.1, -0.05) is 17.7 Å². The smallest absolute Gasteiger partial charge is 0.265 e. The Bertz CT molecular complexity index is 914. The number of benzene rings is 2. The van der Waals surface area contributed by atoms with E-state index in [4.69, 9.17) is 16.3 Å². The molecule has 0 unspecified atom stereocenters. The topological polar surface area (TPSA) is 38.3 Å². The highest BCUT2D eigenvalue weighted by Crippen LogP contribution is 2.22. The van der Waals surface area contributed by atoms with E-state index in [0.29, 0.717) is 21.7 Å². The second kappa shape index (κ2) is 7.63. The molecule has 0 saturated heterocycles. The lowest BCUT2D eigenvalue weighted by molar-refractivity contribution is 0.103. The summed E-state index contributed by atoms with van der Waals surface area (Å²) in [5.41, 5.74) is 0.728. The molecular formula is C18H12ClF2NO2S. The molecule has 0 atom stereocenters. The highest BCUT2D eigenvalue weighted by Gasteiger charge is 2.12. The molecule has 0 aliphatic rings. The van der Waals surface area contributed by atoms with Crippen LogP contribution in [0.1, 0.15) is 15.2 Å². The zero-order valence-corrected chi connectivity index (χ0v) is 14.3. The van der Waals surface area contributed by atoms with Crippen LogP contribution >= 0.6 is 22.9 Å². The summed E-state index contributed by atoms with van der Waals surface area (Å²) >= 11 is 7.10. The molecule has 0 fully saturated rings. The number of ether oxygens (including phenoxy) is 1. The van der Waals surface area contributed by atoms with Gasteiger partial charge in [0, 0.05) is 16.7 Å². The number of carbonyl (C=O) groups excluding carboxylic acids is 1. The Kier molecular flexibility index (Phi) is 5.31. The van der Waals surface area contributed by atoms with E-state index in [1.165, 1.54) is 17.4 Å². The van der Waals surface area contributed by atoms with Gasteiger partial charge in [-0.3, -0.25) is 4.79 Å². The largest absolute Gasteiger partial charge is 0.489 e.